The van der Waals surface area contributed by atoms with E-state index in [1.807, 2.05) is 13.8 Å². The van der Waals surface area contributed by atoms with Gasteiger partial charge in [-0.3, -0.25) is 0 Å². The molecule has 2 heteroatoms. The molecule has 0 radical (unpaired) electrons. The number of nitrogens with zero attached hydrogens (tertiary/aromatic N) is 1. The molecule has 1 aliphatic heterocycles. The maximum atomic E-state index is 9.92. The first-order valence-electron chi connectivity index (χ1n) is 5.37. The molecule has 0 amide bonds. The summed E-state index contributed by atoms with van der Waals surface area (Å²) in [4.78, 5) is 2.46. The average Bonchev–Trinajstić information content (AvgIpc) is 2.03. The molecular weight excluding hydrogens is 162 g/mol. The molecule has 0 bridgehead atoms. The van der Waals surface area contributed by atoms with Gasteiger partial charge in [-0.1, -0.05) is 0 Å². The molecule has 0 aromatic rings. The summed E-state index contributed by atoms with van der Waals surface area (Å²) in [5, 5.41) is 9.92. The van der Waals surface area contributed by atoms with Gasteiger partial charge in [-0.05, 0) is 53.0 Å². The van der Waals surface area contributed by atoms with Gasteiger partial charge in [0, 0.05) is 12.6 Å². The molecule has 78 valence electrons. The van der Waals surface area contributed by atoms with Gasteiger partial charge >= 0.3 is 0 Å². The Morgan fingerprint density at radius 1 is 1.38 bits per heavy atom. The molecule has 0 aliphatic carbocycles. The summed E-state index contributed by atoms with van der Waals surface area (Å²) >= 11 is 0. The van der Waals surface area contributed by atoms with Crippen LogP contribution in [0.2, 0.25) is 0 Å². The van der Waals surface area contributed by atoms with Crippen LogP contribution < -0.4 is 0 Å². The summed E-state index contributed by atoms with van der Waals surface area (Å²) in [6.07, 6.45) is 2.40. The molecule has 1 N–H and O–H groups in total. The SMILES string of the molecule is CC(C)N1CCC[C@@H](C(C)(C)O)C1. The van der Waals surface area contributed by atoms with E-state index >= 15 is 0 Å². The molecule has 1 aliphatic rings. The van der Waals surface area contributed by atoms with Crippen molar-refractivity contribution in [3.8, 4) is 0 Å². The number of rotatable bonds is 2. The Kier molecular flexibility index (Phi) is 3.36. The molecule has 0 spiro atoms. The minimum absolute atomic E-state index is 0.448. The lowest BCUT2D eigenvalue weighted by molar-refractivity contribution is -0.0238. The molecule has 1 rings (SSSR count). The molecule has 0 aromatic carbocycles. The molecule has 1 atom stereocenters. The molecule has 2 nitrogen and oxygen atoms in total. The third-order valence-corrected chi connectivity index (χ3v) is 3.18. The van der Waals surface area contributed by atoms with Crippen LogP contribution in [0.3, 0.4) is 0 Å². The summed E-state index contributed by atoms with van der Waals surface area (Å²) in [5.41, 5.74) is -0.506. The van der Waals surface area contributed by atoms with Crippen molar-refractivity contribution in [1.82, 2.24) is 4.90 Å². The van der Waals surface area contributed by atoms with Crippen molar-refractivity contribution >= 4 is 0 Å². The van der Waals surface area contributed by atoms with E-state index in [1.54, 1.807) is 0 Å². The van der Waals surface area contributed by atoms with E-state index in [1.165, 1.54) is 19.4 Å². The molecule has 13 heavy (non-hydrogen) atoms. The highest BCUT2D eigenvalue weighted by Gasteiger charge is 2.31. The van der Waals surface area contributed by atoms with Crippen molar-refractivity contribution in [3.63, 3.8) is 0 Å². The maximum absolute atomic E-state index is 9.92. The van der Waals surface area contributed by atoms with Gasteiger partial charge in [0.15, 0.2) is 0 Å². The van der Waals surface area contributed by atoms with Crippen LogP contribution in [0.15, 0.2) is 0 Å². The molecule has 0 aromatic heterocycles. The molecule has 1 fully saturated rings. The highest BCUT2D eigenvalue weighted by Crippen LogP contribution is 2.27. The zero-order valence-electron chi connectivity index (χ0n) is 9.38. The topological polar surface area (TPSA) is 23.5 Å². The Hall–Kier alpha value is -0.0800. The van der Waals surface area contributed by atoms with Gasteiger partial charge in [-0.2, -0.15) is 0 Å². The average molecular weight is 185 g/mol. The third kappa shape index (κ3) is 2.96. The summed E-state index contributed by atoms with van der Waals surface area (Å²) in [6.45, 7) is 10.6. The minimum Gasteiger partial charge on any atom is -0.390 e. The fraction of sp³-hybridized carbons (Fsp3) is 1.00. The van der Waals surface area contributed by atoms with E-state index in [-0.39, 0.29) is 0 Å². The van der Waals surface area contributed by atoms with Crippen molar-refractivity contribution < 1.29 is 5.11 Å². The Balaban J connectivity index is 2.52. The first-order chi connectivity index (χ1) is 5.91. The number of hydrogen-bond acceptors (Lipinski definition) is 2. The summed E-state index contributed by atoms with van der Waals surface area (Å²) in [5.74, 6) is 0.448. The lowest BCUT2D eigenvalue weighted by Crippen LogP contribution is -2.46. The fourth-order valence-corrected chi connectivity index (χ4v) is 2.05. The second kappa shape index (κ2) is 3.97. The van der Waals surface area contributed by atoms with Crippen LogP contribution in [0.5, 0.6) is 0 Å². The molecule has 1 saturated heterocycles. The van der Waals surface area contributed by atoms with Crippen molar-refractivity contribution in [2.24, 2.45) is 5.92 Å². The quantitative estimate of drug-likeness (QED) is 0.710. The lowest BCUT2D eigenvalue weighted by Gasteiger charge is -2.40. The van der Waals surface area contributed by atoms with E-state index in [2.05, 4.69) is 18.7 Å². The van der Waals surface area contributed by atoms with Gasteiger partial charge in [0.25, 0.3) is 0 Å². The number of aliphatic hydroxyl groups is 1. The summed E-state index contributed by atoms with van der Waals surface area (Å²) in [6, 6.07) is 0.616. The Morgan fingerprint density at radius 2 is 2.00 bits per heavy atom. The van der Waals surface area contributed by atoms with Crippen LogP contribution in [-0.4, -0.2) is 34.7 Å². The van der Waals surface area contributed by atoms with Gasteiger partial charge in [0.2, 0.25) is 0 Å². The summed E-state index contributed by atoms with van der Waals surface area (Å²) < 4.78 is 0. The van der Waals surface area contributed by atoms with E-state index in [4.69, 9.17) is 0 Å². The van der Waals surface area contributed by atoms with Crippen LogP contribution in [0.1, 0.15) is 40.5 Å². The van der Waals surface area contributed by atoms with Crippen LogP contribution in [-0.2, 0) is 0 Å². The first-order valence-corrected chi connectivity index (χ1v) is 5.37. The van der Waals surface area contributed by atoms with E-state index in [9.17, 15) is 5.11 Å². The molecule has 0 unspecified atom stereocenters. The lowest BCUT2D eigenvalue weighted by atomic mass is 9.84. The zero-order valence-corrected chi connectivity index (χ0v) is 9.38. The predicted octanol–water partition coefficient (Wildman–Crippen LogP) is 1.88. The van der Waals surface area contributed by atoms with E-state index in [0.717, 1.165) is 6.54 Å². The number of likely N-dealkylation sites (tertiary alicyclic amines) is 1. The molecule has 1 heterocycles. The zero-order chi connectivity index (χ0) is 10.1. The Labute approximate surface area is 81.9 Å². The van der Waals surface area contributed by atoms with Gasteiger partial charge in [0.1, 0.15) is 0 Å². The molecular formula is C11H23NO. The first kappa shape index (κ1) is 11.0. The van der Waals surface area contributed by atoms with Crippen molar-refractivity contribution in [3.05, 3.63) is 0 Å². The van der Waals surface area contributed by atoms with Crippen LogP contribution >= 0.6 is 0 Å². The second-order valence-corrected chi connectivity index (χ2v) is 5.08. The minimum atomic E-state index is -0.506. The third-order valence-electron chi connectivity index (χ3n) is 3.18. The summed E-state index contributed by atoms with van der Waals surface area (Å²) in [7, 11) is 0. The van der Waals surface area contributed by atoms with Gasteiger partial charge in [0.05, 0.1) is 5.60 Å². The van der Waals surface area contributed by atoms with E-state index < -0.39 is 5.60 Å². The number of hydrogen-bond donors (Lipinski definition) is 1. The highest BCUT2D eigenvalue weighted by molar-refractivity contribution is 4.84. The normalized spacial score (nSPS) is 26.8. The number of piperidine rings is 1. The Morgan fingerprint density at radius 3 is 2.46 bits per heavy atom. The van der Waals surface area contributed by atoms with Crippen LogP contribution in [0.25, 0.3) is 0 Å². The van der Waals surface area contributed by atoms with Gasteiger partial charge in [-0.15, -0.1) is 0 Å². The van der Waals surface area contributed by atoms with Crippen LogP contribution in [0, 0.1) is 5.92 Å². The standard InChI is InChI=1S/C11H23NO/c1-9(2)12-7-5-6-10(8-12)11(3,4)13/h9-10,13H,5-8H2,1-4H3/t10-/m1/s1. The van der Waals surface area contributed by atoms with E-state index in [0.29, 0.717) is 12.0 Å². The fourth-order valence-electron chi connectivity index (χ4n) is 2.05. The second-order valence-electron chi connectivity index (χ2n) is 5.08. The van der Waals surface area contributed by atoms with Crippen molar-refractivity contribution in [2.75, 3.05) is 13.1 Å². The molecule has 0 saturated carbocycles. The van der Waals surface area contributed by atoms with Crippen molar-refractivity contribution in [2.45, 2.75) is 52.2 Å². The smallest absolute Gasteiger partial charge is 0.0632 e. The predicted molar refractivity (Wildman–Crippen MR) is 55.7 cm³/mol. The van der Waals surface area contributed by atoms with Crippen LogP contribution in [0.4, 0.5) is 0 Å². The Bertz CT molecular complexity index is 160. The van der Waals surface area contributed by atoms with Crippen molar-refractivity contribution in [1.29, 1.82) is 0 Å². The maximum Gasteiger partial charge on any atom is 0.0632 e. The monoisotopic (exact) mass is 185 g/mol. The largest absolute Gasteiger partial charge is 0.390 e. The van der Waals surface area contributed by atoms with Gasteiger partial charge < -0.3 is 10.0 Å². The van der Waals surface area contributed by atoms with Gasteiger partial charge in [-0.25, -0.2) is 0 Å². The highest BCUT2D eigenvalue weighted by atomic mass is 16.3.